The number of alkyl halides is 3. The number of ether oxygens (including phenoxy) is 1. The molecule has 9 atom stereocenters. The molecule has 0 amide bonds. The van der Waals surface area contributed by atoms with Crippen molar-refractivity contribution in [2.45, 2.75) is 83.3 Å². The van der Waals surface area contributed by atoms with E-state index in [2.05, 4.69) is 0 Å². The molecule has 3 saturated carbocycles. The van der Waals surface area contributed by atoms with Gasteiger partial charge in [0, 0.05) is 34.7 Å². The van der Waals surface area contributed by atoms with Gasteiger partial charge in [0.2, 0.25) is 5.78 Å². The summed E-state index contributed by atoms with van der Waals surface area (Å²) in [4.78, 5) is 38.0. The van der Waals surface area contributed by atoms with Crippen molar-refractivity contribution in [3.05, 3.63) is 23.6 Å². The van der Waals surface area contributed by atoms with Gasteiger partial charge in [0.1, 0.15) is 6.17 Å². The van der Waals surface area contributed by atoms with Crippen molar-refractivity contribution in [1.82, 2.24) is 0 Å². The number of fused-ring (bicyclic) bond motifs is 5. The van der Waals surface area contributed by atoms with Crippen LogP contribution in [0.25, 0.3) is 0 Å². The zero-order valence-corrected chi connectivity index (χ0v) is 21.1. The molecule has 0 aromatic carbocycles. The van der Waals surface area contributed by atoms with Crippen LogP contribution in [0.2, 0.25) is 0 Å². The average molecular weight is 517 g/mol. The van der Waals surface area contributed by atoms with Crippen LogP contribution in [0.15, 0.2) is 23.6 Å². The molecule has 0 bridgehead atoms. The van der Waals surface area contributed by atoms with Gasteiger partial charge in [-0.1, -0.05) is 26.8 Å². The first kappa shape index (κ1) is 26.4. The lowest BCUT2D eigenvalue weighted by molar-refractivity contribution is -0.230. The summed E-state index contributed by atoms with van der Waals surface area (Å²) >= 11 is 5.98. The summed E-state index contributed by atoms with van der Waals surface area (Å²) < 4.78 is 53.6. The van der Waals surface area contributed by atoms with Crippen molar-refractivity contribution in [3.8, 4) is 0 Å². The fraction of sp³-hybridized carbons (Fsp3) is 0.731. The summed E-state index contributed by atoms with van der Waals surface area (Å²) in [6.45, 7) is 6.50. The predicted octanol–water partition coefficient (Wildman–Crippen LogP) is 4.74. The minimum absolute atomic E-state index is 0.0701. The van der Waals surface area contributed by atoms with Crippen LogP contribution in [0.4, 0.5) is 13.2 Å². The minimum Gasteiger partial charge on any atom is -0.450 e. The Kier molecular flexibility index (Phi) is 6.36. The zero-order chi connectivity index (χ0) is 26.1. The Labute approximate surface area is 208 Å². The van der Waals surface area contributed by atoms with Crippen molar-refractivity contribution in [2.75, 3.05) is 5.88 Å². The van der Waals surface area contributed by atoms with E-state index < -0.39 is 93.4 Å². The SMILES string of the molecule is CCCC(=O)O[C@]1(C(=O)CCl)[C@H](C)C[C@H]2[C@@H]3C[C@H](F)C4=C(F)C(=O)C=C[C@]4(C)[C@@]3(F)[C@H](O)C[C@@]21C. The zero-order valence-electron chi connectivity index (χ0n) is 20.4. The highest BCUT2D eigenvalue weighted by Gasteiger charge is 2.78. The van der Waals surface area contributed by atoms with Gasteiger partial charge in [-0.05, 0) is 44.6 Å². The van der Waals surface area contributed by atoms with Crippen molar-refractivity contribution in [1.29, 1.82) is 0 Å². The second-order valence-electron chi connectivity index (χ2n) is 11.1. The molecule has 1 N–H and O–H groups in total. The molecule has 0 spiro atoms. The van der Waals surface area contributed by atoms with Crippen LogP contribution in [0, 0.1) is 28.6 Å². The Hall–Kier alpha value is -1.67. The molecule has 0 aliphatic heterocycles. The van der Waals surface area contributed by atoms with Gasteiger partial charge in [0.15, 0.2) is 22.9 Å². The highest BCUT2D eigenvalue weighted by molar-refractivity contribution is 6.29. The van der Waals surface area contributed by atoms with Crippen LogP contribution in [-0.4, -0.2) is 52.1 Å². The monoisotopic (exact) mass is 516 g/mol. The van der Waals surface area contributed by atoms with Crippen LogP contribution >= 0.6 is 11.6 Å². The summed E-state index contributed by atoms with van der Waals surface area (Å²) in [6.07, 6.45) is -1.59. The molecular formula is C26H32ClF3O5. The Morgan fingerprint density at radius 1 is 1.26 bits per heavy atom. The molecule has 4 aliphatic carbocycles. The van der Waals surface area contributed by atoms with E-state index in [0.29, 0.717) is 6.42 Å². The highest BCUT2D eigenvalue weighted by Crippen LogP contribution is 2.72. The van der Waals surface area contributed by atoms with Crippen LogP contribution < -0.4 is 0 Å². The van der Waals surface area contributed by atoms with Gasteiger partial charge in [-0.3, -0.25) is 14.4 Å². The topological polar surface area (TPSA) is 80.7 Å². The van der Waals surface area contributed by atoms with Gasteiger partial charge in [0.25, 0.3) is 0 Å². The fourth-order valence-electron chi connectivity index (χ4n) is 8.02. The molecule has 4 aliphatic rings. The fourth-order valence-corrected chi connectivity index (χ4v) is 8.22. The van der Waals surface area contributed by atoms with Crippen LogP contribution in [0.5, 0.6) is 0 Å². The summed E-state index contributed by atoms with van der Waals surface area (Å²) in [5.41, 5.74) is -7.91. The van der Waals surface area contributed by atoms with Gasteiger partial charge in [-0.2, -0.15) is 0 Å². The first-order valence-electron chi connectivity index (χ1n) is 12.2. The molecule has 0 radical (unpaired) electrons. The third-order valence-electron chi connectivity index (χ3n) is 9.51. The Bertz CT molecular complexity index is 1030. The molecule has 0 heterocycles. The third kappa shape index (κ3) is 3.14. The van der Waals surface area contributed by atoms with Crippen LogP contribution in [0.1, 0.15) is 59.8 Å². The molecular weight excluding hydrogens is 485 g/mol. The number of halogens is 4. The van der Waals surface area contributed by atoms with E-state index >= 15 is 8.78 Å². The number of carbonyl (C=O) groups excluding carboxylic acids is 3. The van der Waals surface area contributed by atoms with E-state index in [-0.39, 0.29) is 19.3 Å². The van der Waals surface area contributed by atoms with Crippen molar-refractivity contribution in [3.63, 3.8) is 0 Å². The Balaban J connectivity index is 1.88. The van der Waals surface area contributed by atoms with Crippen molar-refractivity contribution in [2.24, 2.45) is 28.6 Å². The van der Waals surface area contributed by atoms with Gasteiger partial charge >= 0.3 is 5.97 Å². The maximum Gasteiger partial charge on any atom is 0.306 e. The van der Waals surface area contributed by atoms with Gasteiger partial charge in [0.05, 0.1) is 12.0 Å². The number of allylic oxidation sites excluding steroid dienone is 4. The van der Waals surface area contributed by atoms with Crippen LogP contribution in [-0.2, 0) is 19.1 Å². The molecule has 3 fully saturated rings. The number of hydrogen-bond donors (Lipinski definition) is 1. The Morgan fingerprint density at radius 3 is 2.51 bits per heavy atom. The molecule has 35 heavy (non-hydrogen) atoms. The average Bonchev–Trinajstić information content (AvgIpc) is 3.00. The van der Waals surface area contributed by atoms with E-state index in [9.17, 15) is 23.9 Å². The third-order valence-corrected chi connectivity index (χ3v) is 9.75. The lowest BCUT2D eigenvalue weighted by Gasteiger charge is -2.63. The molecule has 0 saturated heterocycles. The summed E-state index contributed by atoms with van der Waals surface area (Å²) in [7, 11) is 0. The lowest BCUT2D eigenvalue weighted by Crippen LogP contribution is -2.71. The first-order chi connectivity index (χ1) is 16.3. The van der Waals surface area contributed by atoms with Gasteiger partial charge < -0.3 is 9.84 Å². The summed E-state index contributed by atoms with van der Waals surface area (Å²) in [5.74, 6) is -6.28. The molecule has 0 unspecified atom stereocenters. The predicted molar refractivity (Wildman–Crippen MR) is 123 cm³/mol. The summed E-state index contributed by atoms with van der Waals surface area (Å²) in [5, 5.41) is 11.4. The second kappa shape index (κ2) is 8.44. The minimum atomic E-state index is -2.50. The van der Waals surface area contributed by atoms with Crippen LogP contribution in [0.3, 0.4) is 0 Å². The van der Waals surface area contributed by atoms with E-state index in [1.165, 1.54) is 6.92 Å². The van der Waals surface area contributed by atoms with E-state index in [4.69, 9.17) is 16.3 Å². The van der Waals surface area contributed by atoms with E-state index in [1.807, 2.05) is 0 Å². The second-order valence-corrected chi connectivity index (χ2v) is 11.4. The number of Topliss-reactive ketones (excluding diaryl/α,β-unsaturated/α-hetero) is 1. The number of esters is 1. The summed E-state index contributed by atoms with van der Waals surface area (Å²) in [6, 6.07) is 0. The molecule has 194 valence electrons. The molecule has 4 rings (SSSR count). The molecule has 0 aromatic rings. The maximum absolute atomic E-state index is 17.3. The standard InChI is InChI=1S/C26H32ClF3O5/c1-5-6-20(34)35-26(19(33)12-27)13(2)9-14-15-10-16(28)21-22(29)17(31)7-8-23(21,3)25(15,30)18(32)11-24(14,26)4/h7-8,13-16,18,32H,5-6,9-12H2,1-4H3/t13-,14+,15+,16+,18-,23+,24+,25+,26+/m1/s1. The van der Waals surface area contributed by atoms with Crippen molar-refractivity contribution >= 4 is 29.1 Å². The highest BCUT2D eigenvalue weighted by atomic mass is 35.5. The van der Waals surface area contributed by atoms with Crippen molar-refractivity contribution < 1.29 is 37.4 Å². The largest absolute Gasteiger partial charge is 0.450 e. The number of aliphatic hydroxyl groups is 1. The maximum atomic E-state index is 17.3. The smallest absolute Gasteiger partial charge is 0.306 e. The molecule has 9 heteroatoms. The Morgan fingerprint density at radius 2 is 1.91 bits per heavy atom. The number of rotatable bonds is 5. The van der Waals surface area contributed by atoms with E-state index in [0.717, 1.165) is 12.2 Å². The lowest BCUT2D eigenvalue weighted by atomic mass is 9.44. The van der Waals surface area contributed by atoms with Gasteiger partial charge in [-0.25, -0.2) is 13.2 Å². The number of hydrogen-bond acceptors (Lipinski definition) is 5. The molecule has 0 aromatic heterocycles. The number of ketones is 2. The normalized spacial score (nSPS) is 46.7. The quantitative estimate of drug-likeness (QED) is 0.422. The van der Waals surface area contributed by atoms with E-state index in [1.54, 1.807) is 20.8 Å². The van der Waals surface area contributed by atoms with Gasteiger partial charge in [-0.15, -0.1) is 11.6 Å². The number of aliphatic hydroxyl groups excluding tert-OH is 1. The first-order valence-corrected chi connectivity index (χ1v) is 12.8. The molecule has 5 nitrogen and oxygen atoms in total. The number of carbonyl (C=O) groups is 3.